The minimum Gasteiger partial charge on any atom is -0.461 e. The van der Waals surface area contributed by atoms with E-state index in [4.69, 9.17) is 4.42 Å². The van der Waals surface area contributed by atoms with E-state index in [9.17, 15) is 4.79 Å². The molecule has 0 spiro atoms. The molecule has 4 rings (SSSR count). The van der Waals surface area contributed by atoms with Crippen molar-refractivity contribution in [3.63, 3.8) is 0 Å². The van der Waals surface area contributed by atoms with E-state index in [1.807, 2.05) is 18.2 Å². The number of hydrogen-bond acceptors (Lipinski definition) is 2. The van der Waals surface area contributed by atoms with Gasteiger partial charge in [0.05, 0.1) is 11.3 Å². The van der Waals surface area contributed by atoms with Crippen LogP contribution in [0.2, 0.25) is 0 Å². The lowest BCUT2D eigenvalue weighted by molar-refractivity contribution is -0.110. The number of hydrogen-bond donors (Lipinski definition) is 1. The summed E-state index contributed by atoms with van der Waals surface area (Å²) in [4.78, 5) is 12.7. The molecule has 0 atom stereocenters. The lowest BCUT2D eigenvalue weighted by atomic mass is 9.92. The lowest BCUT2D eigenvalue weighted by Gasteiger charge is -2.10. The number of amides is 1. The number of aryl methyl sites for hydroxylation is 1. The number of fused-ring (bicyclic) bond motifs is 2. The highest BCUT2D eigenvalue weighted by molar-refractivity contribution is 9.11. The molecule has 2 heterocycles. The number of unbranched alkanes of at least 4 members (excludes halogenated alkanes) is 2. The molecule has 1 aliphatic heterocycles. The maximum Gasteiger partial charge on any atom is 0.256 e. The second kappa shape index (κ2) is 7.96. The normalized spacial score (nSPS) is 17.1. The number of nitrogens with one attached hydrogen (secondary N) is 1. The fourth-order valence-corrected chi connectivity index (χ4v) is 5.41. The highest BCUT2D eigenvalue weighted by Crippen LogP contribution is 2.41. The van der Waals surface area contributed by atoms with Crippen molar-refractivity contribution in [1.29, 1.82) is 0 Å². The summed E-state index contributed by atoms with van der Waals surface area (Å²) in [5, 5.41) is 2.98. The van der Waals surface area contributed by atoms with Crippen LogP contribution in [0.4, 0.5) is 5.69 Å². The summed E-state index contributed by atoms with van der Waals surface area (Å²) in [6, 6.07) is 3.94. The Morgan fingerprint density at radius 3 is 2.81 bits per heavy atom. The molecule has 0 saturated heterocycles. The average molecular weight is 493 g/mol. The van der Waals surface area contributed by atoms with Gasteiger partial charge in [-0.25, -0.2) is 0 Å². The van der Waals surface area contributed by atoms with Crippen molar-refractivity contribution in [3.8, 4) is 0 Å². The van der Waals surface area contributed by atoms with Crippen molar-refractivity contribution in [1.82, 2.24) is 0 Å². The van der Waals surface area contributed by atoms with Gasteiger partial charge in [-0.1, -0.05) is 35.7 Å². The fourth-order valence-electron chi connectivity index (χ4n) is 4.09. The van der Waals surface area contributed by atoms with Crippen LogP contribution in [0.15, 0.2) is 25.5 Å². The van der Waals surface area contributed by atoms with Crippen LogP contribution in [0.3, 0.4) is 0 Å². The smallest absolute Gasteiger partial charge is 0.256 e. The van der Waals surface area contributed by atoms with Crippen molar-refractivity contribution >= 4 is 55.1 Å². The molecule has 0 unspecified atom stereocenters. The van der Waals surface area contributed by atoms with Crippen molar-refractivity contribution < 1.29 is 9.21 Å². The first kappa shape index (κ1) is 19.0. The predicted molar refractivity (Wildman–Crippen MR) is 117 cm³/mol. The van der Waals surface area contributed by atoms with E-state index in [0.29, 0.717) is 5.57 Å². The SMILES string of the molecule is CCCCCc1c(C=C2C(=O)Nc3c(Br)cc(Br)cc32)oc2c1CCCC2. The topological polar surface area (TPSA) is 42.2 Å². The van der Waals surface area contributed by atoms with Crippen molar-refractivity contribution in [2.75, 3.05) is 5.32 Å². The number of anilines is 1. The highest BCUT2D eigenvalue weighted by atomic mass is 79.9. The van der Waals surface area contributed by atoms with E-state index in [1.54, 1.807) is 0 Å². The van der Waals surface area contributed by atoms with E-state index in [0.717, 1.165) is 51.0 Å². The molecule has 1 N–H and O–H groups in total. The van der Waals surface area contributed by atoms with Gasteiger partial charge in [-0.2, -0.15) is 0 Å². The number of rotatable bonds is 5. The third-order valence-electron chi connectivity index (χ3n) is 5.45. The number of furan rings is 1. The van der Waals surface area contributed by atoms with Gasteiger partial charge >= 0.3 is 0 Å². The van der Waals surface area contributed by atoms with Gasteiger partial charge in [-0.15, -0.1) is 0 Å². The summed E-state index contributed by atoms with van der Waals surface area (Å²) in [5.41, 5.74) is 5.14. The Morgan fingerprint density at radius 2 is 2.00 bits per heavy atom. The zero-order valence-electron chi connectivity index (χ0n) is 15.5. The molecule has 3 nitrogen and oxygen atoms in total. The van der Waals surface area contributed by atoms with E-state index >= 15 is 0 Å². The van der Waals surface area contributed by atoms with Crippen LogP contribution in [0.1, 0.15) is 67.2 Å². The van der Waals surface area contributed by atoms with Gasteiger partial charge in [-0.3, -0.25) is 4.79 Å². The molecule has 5 heteroatoms. The second-order valence-electron chi connectivity index (χ2n) is 7.33. The van der Waals surface area contributed by atoms with Gasteiger partial charge in [0.1, 0.15) is 11.5 Å². The Balaban J connectivity index is 1.78. The van der Waals surface area contributed by atoms with E-state index in [2.05, 4.69) is 44.1 Å². The Kier molecular flexibility index (Phi) is 5.60. The largest absolute Gasteiger partial charge is 0.461 e. The molecule has 0 fully saturated rings. The van der Waals surface area contributed by atoms with E-state index in [1.165, 1.54) is 43.2 Å². The molecule has 0 radical (unpaired) electrons. The lowest BCUT2D eigenvalue weighted by Crippen LogP contribution is -2.04. The minimum absolute atomic E-state index is 0.0716. The van der Waals surface area contributed by atoms with Crippen molar-refractivity contribution in [2.45, 2.75) is 58.3 Å². The number of carbonyl (C=O) groups is 1. The molecule has 2 aromatic rings. The van der Waals surface area contributed by atoms with Crippen LogP contribution in [-0.2, 0) is 24.1 Å². The molecule has 27 heavy (non-hydrogen) atoms. The summed E-state index contributed by atoms with van der Waals surface area (Å²) in [6.45, 7) is 2.23. The van der Waals surface area contributed by atoms with Gasteiger partial charge in [0.15, 0.2) is 0 Å². The number of halogens is 2. The molecule has 0 saturated carbocycles. The molecule has 1 aromatic heterocycles. The van der Waals surface area contributed by atoms with Crippen LogP contribution in [-0.4, -0.2) is 5.91 Å². The minimum atomic E-state index is -0.0716. The molecule has 1 aliphatic carbocycles. The second-order valence-corrected chi connectivity index (χ2v) is 9.10. The Bertz CT molecular complexity index is 927. The summed E-state index contributed by atoms with van der Waals surface area (Å²) >= 11 is 7.08. The van der Waals surface area contributed by atoms with Gasteiger partial charge in [0, 0.05) is 26.5 Å². The molecule has 2 aliphatic rings. The Hall–Kier alpha value is -1.33. The third kappa shape index (κ3) is 3.68. The quantitative estimate of drug-likeness (QED) is 0.364. The van der Waals surface area contributed by atoms with Gasteiger partial charge in [0.2, 0.25) is 0 Å². The first-order valence-electron chi connectivity index (χ1n) is 9.74. The molecule has 142 valence electrons. The summed E-state index contributed by atoms with van der Waals surface area (Å²) < 4.78 is 8.10. The van der Waals surface area contributed by atoms with Crippen LogP contribution >= 0.6 is 31.9 Å². The van der Waals surface area contributed by atoms with Crippen molar-refractivity contribution in [3.05, 3.63) is 49.3 Å². The van der Waals surface area contributed by atoms with Gasteiger partial charge < -0.3 is 9.73 Å². The molecule has 1 aromatic carbocycles. The van der Waals surface area contributed by atoms with Gasteiger partial charge in [-0.05, 0) is 71.8 Å². The first-order valence-corrected chi connectivity index (χ1v) is 11.3. The number of benzene rings is 1. The summed E-state index contributed by atoms with van der Waals surface area (Å²) in [6.07, 6.45) is 11.1. The van der Waals surface area contributed by atoms with Crippen molar-refractivity contribution in [2.24, 2.45) is 0 Å². The average Bonchev–Trinajstić information content (AvgIpc) is 3.14. The van der Waals surface area contributed by atoms with Gasteiger partial charge in [0.25, 0.3) is 5.91 Å². The maximum atomic E-state index is 12.7. The van der Waals surface area contributed by atoms with E-state index in [-0.39, 0.29) is 5.91 Å². The maximum absolute atomic E-state index is 12.7. The highest BCUT2D eigenvalue weighted by Gasteiger charge is 2.28. The van der Waals surface area contributed by atoms with Crippen LogP contribution < -0.4 is 5.32 Å². The monoisotopic (exact) mass is 491 g/mol. The molecular formula is C22H23Br2NO2. The Labute approximate surface area is 176 Å². The summed E-state index contributed by atoms with van der Waals surface area (Å²) in [7, 11) is 0. The Morgan fingerprint density at radius 1 is 1.19 bits per heavy atom. The standard InChI is InChI=1S/C22H23Br2NO2/c1-2-3-4-7-15-14-8-5-6-9-19(14)27-20(15)12-17-16-10-13(23)11-18(24)21(16)25-22(17)26/h10-12H,2-9H2,1H3,(H,25,26). The first-order chi connectivity index (χ1) is 13.1. The van der Waals surface area contributed by atoms with Crippen LogP contribution in [0.5, 0.6) is 0 Å². The number of carbonyl (C=O) groups excluding carboxylic acids is 1. The third-order valence-corrected chi connectivity index (χ3v) is 6.53. The molecule has 1 amide bonds. The molecule has 0 bridgehead atoms. The van der Waals surface area contributed by atoms with E-state index < -0.39 is 0 Å². The predicted octanol–water partition coefficient (Wildman–Crippen LogP) is 6.91. The zero-order chi connectivity index (χ0) is 19.0. The van der Waals surface area contributed by atoms with Crippen LogP contribution in [0, 0.1) is 0 Å². The van der Waals surface area contributed by atoms with Crippen LogP contribution in [0.25, 0.3) is 11.6 Å². The summed E-state index contributed by atoms with van der Waals surface area (Å²) in [5.74, 6) is 1.94. The zero-order valence-corrected chi connectivity index (χ0v) is 18.6. The molecular weight excluding hydrogens is 470 g/mol. The fraction of sp³-hybridized carbons (Fsp3) is 0.409.